The summed E-state index contributed by atoms with van der Waals surface area (Å²) in [7, 11) is -2.02. The number of alkyl halides is 1. The van der Waals surface area contributed by atoms with E-state index in [0.29, 0.717) is 32.1 Å². The predicted octanol–water partition coefficient (Wildman–Crippen LogP) is 7.03. The lowest BCUT2D eigenvalue weighted by atomic mass is 9.58. The molecule has 1 unspecified atom stereocenters. The fourth-order valence-corrected chi connectivity index (χ4v) is 7.94. The molecule has 2 aliphatic carbocycles. The van der Waals surface area contributed by atoms with Crippen LogP contribution in [0.25, 0.3) is 0 Å². The van der Waals surface area contributed by atoms with Crippen LogP contribution in [0.1, 0.15) is 93.9 Å². The molecule has 0 bridgehead atoms. The molecule has 224 valence electrons. The lowest BCUT2D eigenvalue weighted by Crippen LogP contribution is -2.62. The van der Waals surface area contributed by atoms with Crippen molar-refractivity contribution in [2.45, 2.75) is 141 Å². The molecule has 0 amide bonds. The SMILES string of the molecule is CCC(C)(C)C(=O)O[C@H]1C[C@@H](C)[C@H](Cl)[C@]2(O)C=C[C@H](C)[C@H](CC[C@@H]3C[C@@H](O[Si](C)(C)C(C)(C)C)CC(=O)O3)C12. The number of carbonyl (C=O) groups excluding carboxylic acids is 2. The van der Waals surface area contributed by atoms with Crippen molar-refractivity contribution in [3.05, 3.63) is 12.2 Å². The molecule has 0 radical (unpaired) electrons. The molecular formula is C31H53ClO6Si. The fraction of sp³-hybridized carbons (Fsp3) is 0.871. The second kappa shape index (κ2) is 11.8. The molecule has 2 fully saturated rings. The molecule has 0 aromatic heterocycles. The van der Waals surface area contributed by atoms with Gasteiger partial charge in [0.1, 0.15) is 17.8 Å². The van der Waals surface area contributed by atoms with E-state index in [1.165, 1.54) is 0 Å². The number of hydrogen-bond acceptors (Lipinski definition) is 6. The van der Waals surface area contributed by atoms with E-state index in [0.717, 1.165) is 6.42 Å². The molecule has 3 rings (SSSR count). The standard InChI is InChI=1S/C31H53ClO6Si/c1-11-30(7,8)28(34)37-24-16-20(3)27(32)31(35)15-14-19(2)23(26(24)31)13-12-21-17-22(18-25(33)36-21)38-39(9,10)29(4,5)6/h14-15,19-24,26-27,35H,11-13,16-18H2,1-10H3/t19-,20+,21+,22+,23-,24-,26?,27-,31-/m0/s1. The minimum Gasteiger partial charge on any atom is -0.462 e. The van der Waals surface area contributed by atoms with Crippen LogP contribution >= 0.6 is 11.6 Å². The molecule has 8 heteroatoms. The smallest absolute Gasteiger partial charge is 0.311 e. The summed E-state index contributed by atoms with van der Waals surface area (Å²) in [5, 5.41) is 11.6. The lowest BCUT2D eigenvalue weighted by molar-refractivity contribution is -0.183. The van der Waals surface area contributed by atoms with E-state index in [2.05, 4.69) is 46.9 Å². The number of cyclic esters (lactones) is 1. The van der Waals surface area contributed by atoms with Gasteiger partial charge in [0.15, 0.2) is 8.32 Å². The molecule has 0 aromatic rings. The van der Waals surface area contributed by atoms with Gasteiger partial charge in [0.05, 0.1) is 23.3 Å². The molecule has 1 aliphatic heterocycles. The number of carbonyl (C=O) groups is 2. The Bertz CT molecular complexity index is 927. The van der Waals surface area contributed by atoms with Crippen molar-refractivity contribution in [1.29, 1.82) is 0 Å². The van der Waals surface area contributed by atoms with Crippen molar-refractivity contribution in [2.24, 2.45) is 29.1 Å². The summed E-state index contributed by atoms with van der Waals surface area (Å²) >= 11 is 6.88. The normalized spacial score (nSPS) is 37.7. The minimum atomic E-state index is -2.02. The third-order valence-electron chi connectivity index (χ3n) is 10.3. The second-order valence-electron chi connectivity index (χ2n) is 14.7. The Morgan fingerprint density at radius 2 is 1.82 bits per heavy atom. The molecular weight excluding hydrogens is 532 g/mol. The highest BCUT2D eigenvalue weighted by molar-refractivity contribution is 6.74. The van der Waals surface area contributed by atoms with E-state index in [-0.39, 0.29) is 52.9 Å². The van der Waals surface area contributed by atoms with E-state index in [1.54, 1.807) is 0 Å². The Labute approximate surface area is 242 Å². The molecule has 1 heterocycles. The number of aliphatic hydroxyl groups is 1. The van der Waals surface area contributed by atoms with Gasteiger partial charge < -0.3 is 19.0 Å². The van der Waals surface area contributed by atoms with Crippen molar-refractivity contribution in [2.75, 3.05) is 0 Å². The van der Waals surface area contributed by atoms with Crippen LogP contribution in [0.3, 0.4) is 0 Å². The van der Waals surface area contributed by atoms with Gasteiger partial charge in [0.2, 0.25) is 0 Å². The molecule has 9 atom stereocenters. The van der Waals surface area contributed by atoms with Crippen LogP contribution < -0.4 is 0 Å². The molecule has 0 aromatic carbocycles. The van der Waals surface area contributed by atoms with E-state index in [4.69, 9.17) is 25.5 Å². The van der Waals surface area contributed by atoms with Gasteiger partial charge in [0.25, 0.3) is 0 Å². The van der Waals surface area contributed by atoms with Crippen LogP contribution in [0.5, 0.6) is 0 Å². The maximum absolute atomic E-state index is 13.2. The van der Waals surface area contributed by atoms with Crippen LogP contribution in [0, 0.1) is 29.1 Å². The maximum atomic E-state index is 13.2. The minimum absolute atomic E-state index is 0.0123. The summed E-state index contributed by atoms with van der Waals surface area (Å²) in [5.41, 5.74) is -1.87. The number of ether oxygens (including phenoxy) is 2. The summed E-state index contributed by atoms with van der Waals surface area (Å²) in [6.07, 6.45) is 6.77. The summed E-state index contributed by atoms with van der Waals surface area (Å²) in [4.78, 5) is 25.7. The van der Waals surface area contributed by atoms with Gasteiger partial charge in [-0.2, -0.15) is 0 Å². The van der Waals surface area contributed by atoms with E-state index >= 15 is 0 Å². The van der Waals surface area contributed by atoms with Crippen molar-refractivity contribution in [3.8, 4) is 0 Å². The molecule has 1 N–H and O–H groups in total. The topological polar surface area (TPSA) is 82.1 Å². The van der Waals surface area contributed by atoms with Crippen LogP contribution in [0.15, 0.2) is 12.2 Å². The highest BCUT2D eigenvalue weighted by Gasteiger charge is 2.58. The first-order valence-corrected chi connectivity index (χ1v) is 18.3. The maximum Gasteiger partial charge on any atom is 0.311 e. The number of esters is 2. The zero-order valence-electron chi connectivity index (χ0n) is 25.9. The van der Waals surface area contributed by atoms with Gasteiger partial charge in [-0.15, -0.1) is 11.6 Å². The van der Waals surface area contributed by atoms with Crippen LogP contribution in [-0.4, -0.2) is 54.7 Å². The van der Waals surface area contributed by atoms with Gasteiger partial charge in [-0.1, -0.05) is 53.7 Å². The predicted molar refractivity (Wildman–Crippen MR) is 158 cm³/mol. The summed E-state index contributed by atoms with van der Waals surface area (Å²) < 4.78 is 18.6. The summed E-state index contributed by atoms with van der Waals surface area (Å²) in [6, 6.07) is 0. The summed E-state index contributed by atoms with van der Waals surface area (Å²) in [6.45, 7) is 21.0. The van der Waals surface area contributed by atoms with Crippen molar-refractivity contribution < 1.29 is 28.6 Å². The molecule has 1 saturated heterocycles. The average molecular weight is 585 g/mol. The zero-order valence-corrected chi connectivity index (χ0v) is 27.6. The third-order valence-corrected chi connectivity index (χ3v) is 15.6. The molecule has 0 spiro atoms. The highest BCUT2D eigenvalue weighted by atomic mass is 35.5. The van der Waals surface area contributed by atoms with Gasteiger partial charge >= 0.3 is 11.9 Å². The Kier molecular flexibility index (Phi) is 9.85. The Balaban J connectivity index is 1.80. The second-order valence-corrected chi connectivity index (χ2v) is 19.9. The van der Waals surface area contributed by atoms with Crippen molar-refractivity contribution in [1.82, 2.24) is 0 Å². The highest BCUT2D eigenvalue weighted by Crippen LogP contribution is 2.52. The largest absolute Gasteiger partial charge is 0.462 e. The van der Waals surface area contributed by atoms with Crippen LogP contribution in [0.2, 0.25) is 18.1 Å². The molecule has 6 nitrogen and oxygen atoms in total. The first kappa shape index (κ1) is 32.6. The Morgan fingerprint density at radius 3 is 2.41 bits per heavy atom. The average Bonchev–Trinajstić information content (AvgIpc) is 2.81. The first-order valence-electron chi connectivity index (χ1n) is 15.0. The van der Waals surface area contributed by atoms with E-state index in [1.807, 2.05) is 33.8 Å². The number of rotatable bonds is 8. The number of halogens is 1. The summed E-state index contributed by atoms with van der Waals surface area (Å²) in [5.74, 6) is -0.592. The monoisotopic (exact) mass is 584 g/mol. The van der Waals surface area contributed by atoms with Gasteiger partial charge in [0, 0.05) is 12.3 Å². The first-order chi connectivity index (χ1) is 17.8. The number of hydrogen-bond donors (Lipinski definition) is 1. The van der Waals surface area contributed by atoms with Gasteiger partial charge in [-0.05, 0) is 75.4 Å². The molecule has 3 aliphatic rings. The molecule has 39 heavy (non-hydrogen) atoms. The fourth-order valence-electron chi connectivity index (χ4n) is 6.26. The van der Waals surface area contributed by atoms with E-state index in [9.17, 15) is 14.7 Å². The van der Waals surface area contributed by atoms with Crippen LogP contribution in [-0.2, 0) is 23.5 Å². The number of allylic oxidation sites excluding steroid dienone is 1. The van der Waals surface area contributed by atoms with E-state index < -0.39 is 30.8 Å². The quantitative estimate of drug-likeness (QED) is 0.143. The van der Waals surface area contributed by atoms with Crippen molar-refractivity contribution >= 4 is 31.9 Å². The zero-order chi connectivity index (χ0) is 29.6. The Hall–Kier alpha value is -0.893. The molecule has 1 saturated carbocycles. The third kappa shape index (κ3) is 6.95. The van der Waals surface area contributed by atoms with Gasteiger partial charge in [-0.3, -0.25) is 9.59 Å². The lowest BCUT2D eigenvalue weighted by Gasteiger charge is -2.54. The van der Waals surface area contributed by atoms with Crippen LogP contribution in [0.4, 0.5) is 0 Å². The number of fused-ring (bicyclic) bond motifs is 1. The van der Waals surface area contributed by atoms with Gasteiger partial charge in [-0.25, -0.2) is 0 Å². The van der Waals surface area contributed by atoms with Crippen molar-refractivity contribution in [3.63, 3.8) is 0 Å². The Morgan fingerprint density at radius 1 is 1.18 bits per heavy atom.